The Bertz CT molecular complexity index is 488. The molecule has 6 heteroatoms. The van der Waals surface area contributed by atoms with Gasteiger partial charge in [-0.25, -0.2) is 0 Å². The number of rotatable bonds is 5. The van der Waals surface area contributed by atoms with Crippen LogP contribution in [0.5, 0.6) is 5.75 Å². The van der Waals surface area contributed by atoms with E-state index < -0.39 is 16.9 Å². The minimum Gasteiger partial charge on any atom is -0.491 e. The molecule has 0 amide bonds. The maximum atomic E-state index is 11.2. The molecule has 0 spiro atoms. The summed E-state index contributed by atoms with van der Waals surface area (Å²) < 4.78 is 16.7. The first-order valence-corrected chi connectivity index (χ1v) is 8.04. The van der Waals surface area contributed by atoms with Crippen LogP contribution < -0.4 is 4.74 Å². The van der Waals surface area contributed by atoms with Crippen molar-refractivity contribution in [3.8, 4) is 11.8 Å². The lowest BCUT2D eigenvalue weighted by Crippen LogP contribution is -2.43. The van der Waals surface area contributed by atoms with Crippen molar-refractivity contribution in [2.24, 2.45) is 0 Å². The molecule has 1 heterocycles. The Morgan fingerprint density at radius 3 is 2.60 bits per heavy atom. The van der Waals surface area contributed by atoms with Crippen molar-refractivity contribution in [2.45, 2.75) is 6.10 Å². The highest BCUT2D eigenvalue weighted by molar-refractivity contribution is 7.85. The van der Waals surface area contributed by atoms with Gasteiger partial charge in [0.1, 0.15) is 18.5 Å². The summed E-state index contributed by atoms with van der Waals surface area (Å²) in [5.74, 6) is 2.01. The number of hydrogen-bond acceptors (Lipinski definition) is 5. The number of aliphatic hydroxyl groups excluding tert-OH is 1. The lowest BCUT2D eigenvalue weighted by molar-refractivity contribution is 0.0713. The molecule has 5 nitrogen and oxygen atoms in total. The summed E-state index contributed by atoms with van der Waals surface area (Å²) in [7, 11) is -0.693. The molecule has 1 unspecified atom stereocenters. The van der Waals surface area contributed by atoms with Gasteiger partial charge in [-0.15, -0.1) is 0 Å². The second kappa shape index (κ2) is 7.39. The van der Waals surface area contributed by atoms with Crippen molar-refractivity contribution in [3.05, 3.63) is 29.8 Å². The summed E-state index contributed by atoms with van der Waals surface area (Å²) >= 11 is 0. The average molecular weight is 294 g/mol. The van der Waals surface area contributed by atoms with E-state index in [1.54, 1.807) is 24.3 Å². The largest absolute Gasteiger partial charge is 0.491 e. The zero-order valence-corrected chi connectivity index (χ0v) is 12.0. The van der Waals surface area contributed by atoms with E-state index in [1.165, 1.54) is 0 Å². The molecule has 0 radical (unpaired) electrons. The second-order valence-corrected chi connectivity index (χ2v) is 6.45. The van der Waals surface area contributed by atoms with Gasteiger partial charge in [-0.3, -0.25) is 9.11 Å². The molecule has 0 bridgehead atoms. The Kier molecular flexibility index (Phi) is 5.53. The molecule has 1 aromatic rings. The first kappa shape index (κ1) is 15.0. The molecule has 108 valence electrons. The summed E-state index contributed by atoms with van der Waals surface area (Å²) in [5, 5.41) is 18.6. The normalized spacial score (nSPS) is 18.4. The summed E-state index contributed by atoms with van der Waals surface area (Å²) in [4.78, 5) is 2.11. The molecule has 1 aliphatic rings. The molecular weight excluding hydrogens is 276 g/mol. The number of β-amino-alcohol motifs (C(OH)–C–C–N with tert-alkyl or cyclic N) is 1. The Balaban J connectivity index is 1.73. The number of hydrogen-bond donors (Lipinski definition) is 1. The van der Waals surface area contributed by atoms with E-state index in [0.29, 0.717) is 29.4 Å². The Labute approximate surface area is 121 Å². The van der Waals surface area contributed by atoms with Crippen molar-refractivity contribution in [2.75, 3.05) is 37.7 Å². The van der Waals surface area contributed by atoms with E-state index in [9.17, 15) is 9.32 Å². The number of nitrogens with zero attached hydrogens (tertiary/aromatic N) is 2. The van der Waals surface area contributed by atoms with Crippen molar-refractivity contribution in [3.63, 3.8) is 0 Å². The fraction of sp³-hybridized carbons (Fsp3) is 0.500. The average Bonchev–Trinajstić information content (AvgIpc) is 2.48. The summed E-state index contributed by atoms with van der Waals surface area (Å²) in [6, 6.07) is 8.84. The topological polar surface area (TPSA) is 73.6 Å². The number of benzene rings is 1. The van der Waals surface area contributed by atoms with E-state index in [1.807, 2.05) is 6.07 Å². The molecule has 1 saturated heterocycles. The van der Waals surface area contributed by atoms with E-state index in [-0.39, 0.29) is 6.61 Å². The zero-order valence-electron chi connectivity index (χ0n) is 11.2. The molecule has 1 atom stereocenters. The molecule has 2 rings (SSSR count). The van der Waals surface area contributed by atoms with Crippen LogP contribution >= 0.6 is 0 Å². The number of ether oxygens (including phenoxy) is 1. The van der Waals surface area contributed by atoms with Crippen molar-refractivity contribution in [1.29, 1.82) is 5.26 Å². The van der Waals surface area contributed by atoms with Crippen LogP contribution in [0.4, 0.5) is 0 Å². The number of nitriles is 1. The predicted molar refractivity (Wildman–Crippen MR) is 77.0 cm³/mol. The van der Waals surface area contributed by atoms with Gasteiger partial charge in [-0.1, -0.05) is 0 Å². The molecule has 1 aromatic carbocycles. The van der Waals surface area contributed by atoms with Gasteiger partial charge in [0, 0.05) is 41.9 Å². The monoisotopic (exact) mass is 294 g/mol. The fourth-order valence-corrected chi connectivity index (χ4v) is 3.15. The third-order valence-electron chi connectivity index (χ3n) is 3.17. The minimum atomic E-state index is -0.693. The van der Waals surface area contributed by atoms with Crippen LogP contribution in [0.25, 0.3) is 0 Å². The lowest BCUT2D eigenvalue weighted by Gasteiger charge is -2.28. The molecule has 0 aliphatic carbocycles. The standard InChI is InChI=1S/C14H18N2O3S/c15-9-12-1-3-14(4-2-12)19-11-13(17)10-16-5-7-20(18)8-6-16/h1-4,13,17H,5-8,10-11H2. The molecule has 1 fully saturated rings. The first-order valence-electron chi connectivity index (χ1n) is 6.56. The van der Waals surface area contributed by atoms with Crippen LogP contribution in [0.3, 0.4) is 0 Å². The van der Waals surface area contributed by atoms with Gasteiger partial charge >= 0.3 is 0 Å². The van der Waals surface area contributed by atoms with Crippen LogP contribution in [-0.2, 0) is 10.8 Å². The van der Waals surface area contributed by atoms with Crippen LogP contribution in [0, 0.1) is 11.3 Å². The molecule has 20 heavy (non-hydrogen) atoms. The second-order valence-electron chi connectivity index (χ2n) is 4.75. The van der Waals surface area contributed by atoms with Crippen molar-refractivity contribution < 1.29 is 14.1 Å². The minimum absolute atomic E-state index is 0.214. The summed E-state index contributed by atoms with van der Waals surface area (Å²) in [6.07, 6.45) is -0.572. The molecule has 1 aliphatic heterocycles. The van der Waals surface area contributed by atoms with Gasteiger partial charge < -0.3 is 9.84 Å². The number of aliphatic hydroxyl groups is 1. The van der Waals surface area contributed by atoms with Crippen LogP contribution in [0.15, 0.2) is 24.3 Å². The van der Waals surface area contributed by atoms with E-state index >= 15 is 0 Å². The molecule has 1 N–H and O–H groups in total. The highest BCUT2D eigenvalue weighted by Gasteiger charge is 2.18. The maximum Gasteiger partial charge on any atom is 0.119 e. The van der Waals surface area contributed by atoms with Crippen LogP contribution in [-0.4, -0.2) is 58.1 Å². The Morgan fingerprint density at radius 2 is 2.00 bits per heavy atom. The van der Waals surface area contributed by atoms with Gasteiger partial charge in [0.25, 0.3) is 0 Å². The highest BCUT2D eigenvalue weighted by Crippen LogP contribution is 2.12. The summed E-state index contributed by atoms with van der Waals surface area (Å²) in [6.45, 7) is 2.28. The fourth-order valence-electron chi connectivity index (χ4n) is 2.03. The molecule has 0 aromatic heterocycles. The smallest absolute Gasteiger partial charge is 0.119 e. The zero-order chi connectivity index (χ0) is 14.4. The lowest BCUT2D eigenvalue weighted by atomic mass is 10.2. The van der Waals surface area contributed by atoms with Gasteiger partial charge in [0.15, 0.2) is 0 Å². The van der Waals surface area contributed by atoms with Crippen LogP contribution in [0.2, 0.25) is 0 Å². The molecular formula is C14H18N2O3S. The first-order chi connectivity index (χ1) is 9.67. The van der Waals surface area contributed by atoms with Crippen molar-refractivity contribution in [1.82, 2.24) is 4.90 Å². The van der Waals surface area contributed by atoms with E-state index in [0.717, 1.165) is 13.1 Å². The van der Waals surface area contributed by atoms with Gasteiger partial charge in [-0.2, -0.15) is 5.26 Å². The van der Waals surface area contributed by atoms with E-state index in [2.05, 4.69) is 4.90 Å². The molecule has 0 saturated carbocycles. The summed E-state index contributed by atoms with van der Waals surface area (Å²) in [5.41, 5.74) is 0.583. The Hall–Kier alpha value is -1.42. The van der Waals surface area contributed by atoms with Crippen LogP contribution in [0.1, 0.15) is 5.56 Å². The van der Waals surface area contributed by atoms with Gasteiger partial charge in [0.2, 0.25) is 0 Å². The maximum absolute atomic E-state index is 11.2. The van der Waals surface area contributed by atoms with Crippen molar-refractivity contribution >= 4 is 10.8 Å². The SMILES string of the molecule is N#Cc1ccc(OCC(O)CN2CCS(=O)CC2)cc1. The third kappa shape index (κ3) is 4.60. The quantitative estimate of drug-likeness (QED) is 0.849. The Morgan fingerprint density at radius 1 is 1.35 bits per heavy atom. The van der Waals surface area contributed by atoms with Gasteiger partial charge in [-0.05, 0) is 24.3 Å². The van der Waals surface area contributed by atoms with E-state index in [4.69, 9.17) is 10.00 Å². The highest BCUT2D eigenvalue weighted by atomic mass is 32.2. The predicted octanol–water partition coefficient (Wildman–Crippen LogP) is 0.362. The third-order valence-corrected chi connectivity index (χ3v) is 4.44. The van der Waals surface area contributed by atoms with Gasteiger partial charge in [0.05, 0.1) is 11.6 Å².